The zero-order valence-corrected chi connectivity index (χ0v) is 11.5. The fourth-order valence-corrected chi connectivity index (χ4v) is 1.79. The van der Waals surface area contributed by atoms with Crippen LogP contribution in [0.1, 0.15) is 41.0 Å². The second-order valence-corrected chi connectivity index (χ2v) is 3.54. The third-order valence-corrected chi connectivity index (χ3v) is 2.62. The molecule has 0 heteroatoms. The van der Waals surface area contributed by atoms with E-state index in [4.69, 9.17) is 0 Å². The van der Waals surface area contributed by atoms with E-state index in [9.17, 15) is 0 Å². The second-order valence-electron chi connectivity index (χ2n) is 3.54. The first-order valence-electron chi connectivity index (χ1n) is 6.53. The van der Waals surface area contributed by atoms with E-state index in [0.717, 1.165) is 11.8 Å². The summed E-state index contributed by atoms with van der Waals surface area (Å²) >= 11 is 0. The van der Waals surface area contributed by atoms with Gasteiger partial charge in [0.2, 0.25) is 0 Å². The van der Waals surface area contributed by atoms with Crippen LogP contribution in [0.4, 0.5) is 0 Å². The van der Waals surface area contributed by atoms with Crippen molar-refractivity contribution in [2.45, 2.75) is 41.0 Å². The van der Waals surface area contributed by atoms with Crippen molar-refractivity contribution in [1.29, 1.82) is 0 Å². The molecule has 0 radical (unpaired) electrons. The van der Waals surface area contributed by atoms with Crippen molar-refractivity contribution in [3.8, 4) is 0 Å². The Labute approximate surface area is 101 Å². The molecule has 2 aliphatic carbocycles. The lowest BCUT2D eigenvalue weighted by molar-refractivity contribution is 0.918. The van der Waals surface area contributed by atoms with Crippen molar-refractivity contribution in [2.75, 3.05) is 0 Å². The van der Waals surface area contributed by atoms with Crippen LogP contribution in [0, 0.1) is 11.8 Å². The van der Waals surface area contributed by atoms with Gasteiger partial charge in [0, 0.05) is 0 Å². The highest BCUT2D eigenvalue weighted by Gasteiger charge is 2.40. The van der Waals surface area contributed by atoms with Gasteiger partial charge in [-0.25, -0.2) is 0 Å². The van der Waals surface area contributed by atoms with Gasteiger partial charge in [0.05, 0.1) is 0 Å². The maximum absolute atomic E-state index is 4.04. The van der Waals surface area contributed by atoms with E-state index in [1.165, 1.54) is 17.6 Å². The van der Waals surface area contributed by atoms with E-state index in [1.807, 2.05) is 34.6 Å². The third-order valence-electron chi connectivity index (χ3n) is 2.62. The number of hydrogen-bond acceptors (Lipinski definition) is 0. The molecule has 0 aromatic rings. The van der Waals surface area contributed by atoms with E-state index >= 15 is 0 Å². The standard InChI is InChI=1S/C12H14.2C2H6/c1-3-4-5-11-9(2)6-7-10-8-12(10)11;2*1-2/h3-7,10,12H,2,8H2,1H3;2*1-2H3/b4-3-,11-5+;;. The van der Waals surface area contributed by atoms with Crippen LogP contribution in [0.5, 0.6) is 0 Å². The molecule has 0 aliphatic heterocycles. The summed E-state index contributed by atoms with van der Waals surface area (Å²) in [4.78, 5) is 0. The van der Waals surface area contributed by atoms with Crippen molar-refractivity contribution in [3.63, 3.8) is 0 Å². The predicted molar refractivity (Wildman–Crippen MR) is 75.5 cm³/mol. The highest BCUT2D eigenvalue weighted by molar-refractivity contribution is 5.48. The normalized spacial score (nSPS) is 27.8. The highest BCUT2D eigenvalue weighted by Crippen LogP contribution is 2.50. The summed E-state index contributed by atoms with van der Waals surface area (Å²) in [6.45, 7) is 14.1. The van der Waals surface area contributed by atoms with Crippen molar-refractivity contribution in [1.82, 2.24) is 0 Å². The average Bonchev–Trinajstić information content (AvgIpc) is 3.12. The Balaban J connectivity index is 0.000000509. The minimum absolute atomic E-state index is 0.790. The van der Waals surface area contributed by atoms with E-state index in [1.54, 1.807) is 0 Å². The zero-order valence-electron chi connectivity index (χ0n) is 11.5. The predicted octanol–water partition coefficient (Wildman–Crippen LogP) is 5.30. The fraction of sp³-hybridized carbons (Fsp3) is 0.500. The van der Waals surface area contributed by atoms with Gasteiger partial charge < -0.3 is 0 Å². The summed E-state index contributed by atoms with van der Waals surface area (Å²) in [7, 11) is 0. The molecule has 1 saturated carbocycles. The highest BCUT2D eigenvalue weighted by atomic mass is 14.4. The molecule has 0 saturated heterocycles. The molecule has 0 spiro atoms. The first-order valence-corrected chi connectivity index (χ1v) is 6.53. The van der Waals surface area contributed by atoms with Gasteiger partial charge >= 0.3 is 0 Å². The minimum Gasteiger partial charge on any atom is -0.0915 e. The van der Waals surface area contributed by atoms with Crippen LogP contribution in [-0.2, 0) is 0 Å². The van der Waals surface area contributed by atoms with E-state index in [0.29, 0.717) is 0 Å². The second kappa shape index (κ2) is 8.15. The summed E-state index contributed by atoms with van der Waals surface area (Å²) in [5, 5.41) is 0. The molecule has 0 aromatic carbocycles. The maximum Gasteiger partial charge on any atom is -0.00871 e. The SMILES string of the molecule is C=C1C=CC2CC2/C1=C/C=C\C.CC.CC. The molecule has 0 bridgehead atoms. The topological polar surface area (TPSA) is 0 Å². The minimum atomic E-state index is 0.790. The van der Waals surface area contributed by atoms with Crippen LogP contribution in [0.2, 0.25) is 0 Å². The van der Waals surface area contributed by atoms with Crippen molar-refractivity contribution >= 4 is 0 Å². The Morgan fingerprint density at radius 2 is 1.88 bits per heavy atom. The lowest BCUT2D eigenvalue weighted by atomic mass is 9.96. The van der Waals surface area contributed by atoms with Crippen LogP contribution in [0.15, 0.2) is 48.1 Å². The van der Waals surface area contributed by atoms with Gasteiger partial charge in [0.1, 0.15) is 0 Å². The third kappa shape index (κ3) is 3.84. The summed E-state index contributed by atoms with van der Waals surface area (Å²) in [5.74, 6) is 1.62. The Hall–Kier alpha value is -1.04. The number of rotatable bonds is 1. The van der Waals surface area contributed by atoms with Gasteiger partial charge in [0.25, 0.3) is 0 Å². The molecule has 16 heavy (non-hydrogen) atoms. The molecule has 2 unspecified atom stereocenters. The molecule has 90 valence electrons. The first kappa shape index (κ1) is 15.0. The van der Waals surface area contributed by atoms with Crippen LogP contribution in [-0.4, -0.2) is 0 Å². The van der Waals surface area contributed by atoms with Gasteiger partial charge in [-0.15, -0.1) is 0 Å². The smallest absolute Gasteiger partial charge is 0.00871 e. The molecular weight excluding hydrogens is 192 g/mol. The molecule has 2 rings (SSSR count). The summed E-state index contributed by atoms with van der Waals surface area (Å²) in [6.07, 6.45) is 12.2. The van der Waals surface area contributed by atoms with Gasteiger partial charge in [-0.3, -0.25) is 0 Å². The molecular formula is C16H26. The summed E-state index contributed by atoms with van der Waals surface area (Å²) < 4.78 is 0. The molecule has 1 fully saturated rings. The zero-order chi connectivity index (χ0) is 12.6. The average molecular weight is 218 g/mol. The molecule has 0 nitrogen and oxygen atoms in total. The molecule has 0 heterocycles. The fourth-order valence-electron chi connectivity index (χ4n) is 1.79. The van der Waals surface area contributed by atoms with Gasteiger partial charge in [-0.05, 0) is 36.3 Å². The number of fused-ring (bicyclic) bond motifs is 1. The first-order chi connectivity index (χ1) is 7.83. The maximum atomic E-state index is 4.04. The molecule has 0 N–H and O–H groups in total. The number of hydrogen-bond donors (Lipinski definition) is 0. The summed E-state index contributed by atoms with van der Waals surface area (Å²) in [5.41, 5.74) is 2.65. The Morgan fingerprint density at radius 1 is 1.25 bits per heavy atom. The van der Waals surface area contributed by atoms with E-state index < -0.39 is 0 Å². The van der Waals surface area contributed by atoms with Crippen LogP contribution in [0.25, 0.3) is 0 Å². The lowest BCUT2D eigenvalue weighted by Gasteiger charge is -2.09. The quantitative estimate of drug-likeness (QED) is 0.560. The Kier molecular flexibility index (Phi) is 7.62. The van der Waals surface area contributed by atoms with Crippen LogP contribution >= 0.6 is 0 Å². The molecule has 0 amide bonds. The largest absolute Gasteiger partial charge is 0.0915 e. The van der Waals surface area contributed by atoms with Crippen molar-refractivity contribution in [3.05, 3.63) is 48.1 Å². The molecule has 0 aromatic heterocycles. The monoisotopic (exact) mass is 218 g/mol. The van der Waals surface area contributed by atoms with Gasteiger partial charge in [-0.2, -0.15) is 0 Å². The summed E-state index contributed by atoms with van der Waals surface area (Å²) in [6, 6.07) is 0. The van der Waals surface area contributed by atoms with E-state index in [2.05, 4.69) is 37.0 Å². The number of allylic oxidation sites excluding steroid dienone is 7. The van der Waals surface area contributed by atoms with Crippen molar-refractivity contribution < 1.29 is 0 Å². The molecule has 2 atom stereocenters. The lowest BCUT2D eigenvalue weighted by Crippen LogP contribution is -1.94. The Morgan fingerprint density at radius 3 is 2.44 bits per heavy atom. The van der Waals surface area contributed by atoms with Gasteiger partial charge in [-0.1, -0.05) is 64.7 Å². The molecule has 2 aliphatic rings. The van der Waals surface area contributed by atoms with Crippen molar-refractivity contribution in [2.24, 2.45) is 11.8 Å². The van der Waals surface area contributed by atoms with Crippen LogP contribution < -0.4 is 0 Å². The van der Waals surface area contributed by atoms with E-state index in [-0.39, 0.29) is 0 Å². The van der Waals surface area contributed by atoms with Gasteiger partial charge in [0.15, 0.2) is 0 Å². The Bertz CT molecular complexity index is 289. The van der Waals surface area contributed by atoms with Crippen LogP contribution in [0.3, 0.4) is 0 Å².